The number of benzene rings is 2. The van der Waals surface area contributed by atoms with E-state index in [1.54, 1.807) is 31.4 Å². The third-order valence-electron chi connectivity index (χ3n) is 4.21. The van der Waals surface area contributed by atoms with E-state index in [9.17, 15) is 4.79 Å². The van der Waals surface area contributed by atoms with Crippen LogP contribution in [0.3, 0.4) is 0 Å². The van der Waals surface area contributed by atoms with Crippen LogP contribution in [0.1, 0.15) is 29.6 Å². The Morgan fingerprint density at radius 3 is 2.52 bits per heavy atom. The molecule has 150 valence electrons. The maximum absolute atomic E-state index is 12.3. The Balaban J connectivity index is 1.72. The zero-order valence-corrected chi connectivity index (χ0v) is 17.4. The second kappa shape index (κ2) is 9.11. The number of halogens is 2. The molecule has 29 heavy (non-hydrogen) atoms. The minimum absolute atomic E-state index is 0.00579. The van der Waals surface area contributed by atoms with Gasteiger partial charge in [-0.3, -0.25) is 4.79 Å². The minimum atomic E-state index is -0.244. The van der Waals surface area contributed by atoms with E-state index < -0.39 is 0 Å². The van der Waals surface area contributed by atoms with Gasteiger partial charge >= 0.3 is 0 Å². The first-order chi connectivity index (χ1) is 13.9. The van der Waals surface area contributed by atoms with Gasteiger partial charge in [0.05, 0.1) is 12.1 Å². The summed E-state index contributed by atoms with van der Waals surface area (Å²) in [6.07, 6.45) is 0.527. The molecule has 6 nitrogen and oxygen atoms in total. The molecule has 0 bridgehead atoms. The molecule has 0 N–H and O–H groups in total. The normalized spacial score (nSPS) is 10.6. The Bertz CT molecular complexity index is 1050. The number of hydrogen-bond donors (Lipinski definition) is 0. The number of carbonyl (C=O) groups is 1. The number of methoxy groups -OCH3 is 1. The summed E-state index contributed by atoms with van der Waals surface area (Å²) in [6.45, 7) is 5.58. The molecule has 0 amide bonds. The van der Waals surface area contributed by atoms with Crippen molar-refractivity contribution in [2.45, 2.75) is 20.0 Å². The van der Waals surface area contributed by atoms with Crippen molar-refractivity contribution in [2.75, 3.05) is 7.11 Å². The maximum Gasteiger partial charge on any atom is 0.264 e. The molecule has 3 aromatic rings. The zero-order chi connectivity index (χ0) is 21.0. The second-order valence-corrected chi connectivity index (χ2v) is 6.81. The summed E-state index contributed by atoms with van der Waals surface area (Å²) >= 11 is 12.5. The SMILES string of the molecule is C=C(CC)C(=O)c1ccc(OCc2nc(-c3ccc(OC)cc3)no2)c(Cl)c1Cl. The van der Waals surface area contributed by atoms with E-state index in [0.29, 0.717) is 23.6 Å². The quantitative estimate of drug-likeness (QED) is 0.331. The van der Waals surface area contributed by atoms with Crippen molar-refractivity contribution in [3.63, 3.8) is 0 Å². The molecule has 0 aliphatic carbocycles. The van der Waals surface area contributed by atoms with E-state index in [2.05, 4.69) is 16.7 Å². The van der Waals surface area contributed by atoms with Gasteiger partial charge in [0.2, 0.25) is 5.82 Å². The molecule has 0 fully saturated rings. The lowest BCUT2D eigenvalue weighted by atomic mass is 10.0. The number of nitrogens with zero attached hydrogens (tertiary/aromatic N) is 2. The van der Waals surface area contributed by atoms with Crippen molar-refractivity contribution < 1.29 is 18.8 Å². The third kappa shape index (κ3) is 4.60. The molecule has 0 atom stereocenters. The summed E-state index contributed by atoms with van der Waals surface area (Å²) < 4.78 is 16.0. The Morgan fingerprint density at radius 2 is 1.86 bits per heavy atom. The molecule has 0 aliphatic heterocycles. The number of ketones is 1. The number of Topliss-reactive ketones (excluding diaryl/α,β-unsaturated/α-hetero) is 1. The van der Waals surface area contributed by atoms with E-state index in [0.717, 1.165) is 11.3 Å². The van der Waals surface area contributed by atoms with Gasteiger partial charge in [0.1, 0.15) is 16.5 Å². The first-order valence-corrected chi connectivity index (χ1v) is 9.50. The Kier molecular flexibility index (Phi) is 6.56. The average Bonchev–Trinajstić information content (AvgIpc) is 3.23. The zero-order valence-electron chi connectivity index (χ0n) is 15.9. The van der Waals surface area contributed by atoms with E-state index in [4.69, 9.17) is 37.2 Å². The molecule has 0 saturated heterocycles. The number of carbonyl (C=O) groups excluding carboxylic acids is 1. The number of rotatable bonds is 8. The molecule has 3 rings (SSSR count). The topological polar surface area (TPSA) is 74.5 Å². The van der Waals surface area contributed by atoms with E-state index >= 15 is 0 Å². The largest absolute Gasteiger partial charge is 0.497 e. The molecular weight excluding hydrogens is 415 g/mol. The van der Waals surface area contributed by atoms with Crippen LogP contribution in [-0.4, -0.2) is 23.0 Å². The number of allylic oxidation sites excluding steroid dienone is 1. The molecule has 8 heteroatoms. The van der Waals surface area contributed by atoms with Crippen molar-refractivity contribution in [3.05, 3.63) is 70.0 Å². The van der Waals surface area contributed by atoms with Gasteiger partial charge in [-0.2, -0.15) is 4.98 Å². The van der Waals surface area contributed by atoms with Crippen molar-refractivity contribution in [1.82, 2.24) is 10.1 Å². The maximum atomic E-state index is 12.3. The minimum Gasteiger partial charge on any atom is -0.497 e. The van der Waals surface area contributed by atoms with Crippen molar-refractivity contribution in [3.8, 4) is 22.9 Å². The molecule has 0 saturated carbocycles. The highest BCUT2D eigenvalue weighted by Crippen LogP contribution is 2.36. The molecule has 1 aromatic heterocycles. The predicted molar refractivity (Wildman–Crippen MR) is 111 cm³/mol. The lowest BCUT2D eigenvalue weighted by molar-refractivity contribution is 0.103. The van der Waals surface area contributed by atoms with Gasteiger partial charge in [0.15, 0.2) is 12.4 Å². The first-order valence-electron chi connectivity index (χ1n) is 8.74. The van der Waals surface area contributed by atoms with Crippen LogP contribution in [0.15, 0.2) is 53.1 Å². The Hall–Kier alpha value is -2.83. The lowest BCUT2D eigenvalue weighted by Crippen LogP contribution is -2.04. The fraction of sp³-hybridized carbons (Fsp3) is 0.190. The summed E-state index contributed by atoms with van der Waals surface area (Å²) in [6, 6.07) is 10.4. The van der Waals surface area contributed by atoms with Crippen LogP contribution in [0.2, 0.25) is 10.0 Å². The molecule has 0 spiro atoms. The standard InChI is InChI=1S/C21H18Cl2N2O4/c1-4-12(2)20(26)15-9-10-16(19(23)18(15)22)28-11-17-24-21(25-29-17)13-5-7-14(27-3)8-6-13/h5-10H,2,4,11H2,1,3H3. The van der Waals surface area contributed by atoms with Gasteiger partial charge in [-0.25, -0.2) is 0 Å². The van der Waals surface area contributed by atoms with Crippen LogP contribution in [0.4, 0.5) is 0 Å². The highest BCUT2D eigenvalue weighted by atomic mass is 35.5. The van der Waals surface area contributed by atoms with Crippen molar-refractivity contribution in [2.24, 2.45) is 0 Å². The predicted octanol–water partition coefficient (Wildman–Crippen LogP) is 5.78. The lowest BCUT2D eigenvalue weighted by Gasteiger charge is -2.10. The fourth-order valence-corrected chi connectivity index (χ4v) is 2.94. The fourth-order valence-electron chi connectivity index (χ4n) is 2.48. The number of aromatic nitrogens is 2. The highest BCUT2D eigenvalue weighted by molar-refractivity contribution is 6.45. The van der Waals surface area contributed by atoms with Crippen LogP contribution in [0, 0.1) is 0 Å². The molecule has 1 heterocycles. The van der Waals surface area contributed by atoms with Crippen LogP contribution < -0.4 is 9.47 Å². The van der Waals surface area contributed by atoms with Crippen LogP contribution in [0.25, 0.3) is 11.4 Å². The molecular formula is C21H18Cl2N2O4. The summed E-state index contributed by atoms with van der Waals surface area (Å²) in [5.41, 5.74) is 1.52. The van der Waals surface area contributed by atoms with Gasteiger partial charge in [0.25, 0.3) is 5.89 Å². The van der Waals surface area contributed by atoms with Gasteiger partial charge in [-0.1, -0.05) is 41.9 Å². The highest BCUT2D eigenvalue weighted by Gasteiger charge is 2.18. The van der Waals surface area contributed by atoms with Crippen molar-refractivity contribution >= 4 is 29.0 Å². The average molecular weight is 433 g/mol. The van der Waals surface area contributed by atoms with Crippen LogP contribution in [0.5, 0.6) is 11.5 Å². The Morgan fingerprint density at radius 1 is 1.14 bits per heavy atom. The van der Waals surface area contributed by atoms with Gasteiger partial charge in [-0.15, -0.1) is 0 Å². The summed E-state index contributed by atoms with van der Waals surface area (Å²) in [7, 11) is 1.60. The molecule has 2 aromatic carbocycles. The summed E-state index contributed by atoms with van der Waals surface area (Å²) in [5.74, 6) is 1.49. The van der Waals surface area contributed by atoms with Crippen molar-refractivity contribution in [1.29, 1.82) is 0 Å². The first kappa shape index (κ1) is 20.9. The van der Waals surface area contributed by atoms with E-state index in [-0.39, 0.29) is 33.9 Å². The molecule has 0 unspecified atom stereocenters. The molecule has 0 aliphatic rings. The monoisotopic (exact) mass is 432 g/mol. The van der Waals surface area contributed by atoms with Crippen LogP contribution >= 0.6 is 23.2 Å². The third-order valence-corrected chi connectivity index (χ3v) is 5.07. The second-order valence-electron chi connectivity index (χ2n) is 6.05. The van der Waals surface area contributed by atoms with E-state index in [1.807, 2.05) is 19.1 Å². The Labute approximate surface area is 178 Å². The van der Waals surface area contributed by atoms with Gasteiger partial charge in [0, 0.05) is 11.1 Å². The van der Waals surface area contributed by atoms with Gasteiger partial charge in [-0.05, 0) is 48.4 Å². The molecule has 0 radical (unpaired) electrons. The number of hydrogen-bond acceptors (Lipinski definition) is 6. The smallest absolute Gasteiger partial charge is 0.264 e. The van der Waals surface area contributed by atoms with Crippen LogP contribution in [-0.2, 0) is 6.61 Å². The summed E-state index contributed by atoms with van der Waals surface area (Å²) in [4.78, 5) is 16.6. The summed E-state index contributed by atoms with van der Waals surface area (Å²) in [5, 5.41) is 4.19. The van der Waals surface area contributed by atoms with Gasteiger partial charge < -0.3 is 14.0 Å². The van der Waals surface area contributed by atoms with E-state index in [1.165, 1.54) is 0 Å². The number of ether oxygens (including phenoxy) is 2.